The molecular formula is C15H17NO2S. The zero-order valence-electron chi connectivity index (χ0n) is 11.0. The van der Waals surface area contributed by atoms with Gasteiger partial charge in [0.1, 0.15) is 0 Å². The van der Waals surface area contributed by atoms with E-state index in [-0.39, 0.29) is 5.91 Å². The predicted octanol–water partition coefficient (Wildman–Crippen LogP) is 2.73. The molecule has 3 nitrogen and oxygen atoms in total. The first-order valence-corrected chi connectivity index (χ1v) is 7.82. The minimum Gasteiger partial charge on any atom is -0.315 e. The molecule has 100 valence electrons. The lowest BCUT2D eigenvalue weighted by atomic mass is 10.1. The van der Waals surface area contributed by atoms with E-state index < -0.39 is 10.8 Å². The molecule has 19 heavy (non-hydrogen) atoms. The molecule has 1 saturated heterocycles. The summed E-state index contributed by atoms with van der Waals surface area (Å²) in [5, 5.41) is 0. The molecule has 0 spiro atoms. The third kappa shape index (κ3) is 2.25. The number of allylic oxidation sites excluding steroid dienone is 2. The molecule has 2 aliphatic heterocycles. The summed E-state index contributed by atoms with van der Waals surface area (Å²) in [5.41, 5.74) is 2.19. The Morgan fingerprint density at radius 2 is 1.84 bits per heavy atom. The van der Waals surface area contributed by atoms with Crippen molar-refractivity contribution in [2.75, 3.05) is 6.54 Å². The molecule has 1 unspecified atom stereocenters. The fraction of sp³-hybridized carbons (Fsp3) is 0.400. The van der Waals surface area contributed by atoms with Gasteiger partial charge in [0.15, 0.2) is 0 Å². The maximum absolute atomic E-state index is 12.7. The molecule has 2 heterocycles. The van der Waals surface area contributed by atoms with Crippen molar-refractivity contribution in [3.05, 3.63) is 40.4 Å². The minimum atomic E-state index is -1.12. The number of fused-ring (bicyclic) bond motifs is 1. The molecule has 0 radical (unpaired) electrons. The van der Waals surface area contributed by atoms with Gasteiger partial charge in [0.05, 0.1) is 10.8 Å². The quantitative estimate of drug-likeness (QED) is 0.832. The highest BCUT2D eigenvalue weighted by molar-refractivity contribution is 7.89. The average Bonchev–Trinajstić information content (AvgIpc) is 2.89. The number of amides is 1. The van der Waals surface area contributed by atoms with Crippen LogP contribution in [0.1, 0.15) is 31.2 Å². The Balaban J connectivity index is 1.97. The van der Waals surface area contributed by atoms with Crippen LogP contribution in [0, 0.1) is 6.92 Å². The number of carbonyl (C=O) groups excluding carboxylic acids is 1. The van der Waals surface area contributed by atoms with E-state index in [4.69, 9.17) is 0 Å². The summed E-state index contributed by atoms with van der Waals surface area (Å²) in [6.45, 7) is 2.81. The van der Waals surface area contributed by atoms with Crippen LogP contribution in [0.4, 0.5) is 0 Å². The van der Waals surface area contributed by atoms with Crippen LogP contribution in [0.25, 0.3) is 0 Å². The van der Waals surface area contributed by atoms with Crippen LogP contribution in [0.5, 0.6) is 0 Å². The SMILES string of the molecule is Cc1ccc(S(=O)C2=C3CCCN3C(=O)CC2)cc1. The van der Waals surface area contributed by atoms with Crippen LogP contribution in [-0.4, -0.2) is 21.6 Å². The van der Waals surface area contributed by atoms with Crippen molar-refractivity contribution >= 4 is 16.7 Å². The highest BCUT2D eigenvalue weighted by Crippen LogP contribution is 2.35. The third-order valence-corrected chi connectivity index (χ3v) is 5.36. The number of rotatable bonds is 2. The van der Waals surface area contributed by atoms with E-state index in [1.165, 1.54) is 5.56 Å². The molecular weight excluding hydrogens is 258 g/mol. The van der Waals surface area contributed by atoms with Gasteiger partial charge in [0.25, 0.3) is 0 Å². The lowest BCUT2D eigenvalue weighted by Gasteiger charge is -2.26. The summed E-state index contributed by atoms with van der Waals surface area (Å²) in [4.78, 5) is 15.5. The summed E-state index contributed by atoms with van der Waals surface area (Å²) in [7, 11) is -1.12. The number of hydrogen-bond donors (Lipinski definition) is 0. The second kappa shape index (κ2) is 4.93. The van der Waals surface area contributed by atoms with Gasteiger partial charge in [-0.3, -0.25) is 4.79 Å². The molecule has 2 aliphatic rings. The Morgan fingerprint density at radius 1 is 1.11 bits per heavy atom. The van der Waals surface area contributed by atoms with Gasteiger partial charge in [0.2, 0.25) is 5.91 Å². The molecule has 3 rings (SSSR count). The van der Waals surface area contributed by atoms with Gasteiger partial charge >= 0.3 is 0 Å². The van der Waals surface area contributed by atoms with Gasteiger partial charge in [-0.2, -0.15) is 0 Å². The van der Waals surface area contributed by atoms with E-state index in [1.807, 2.05) is 36.1 Å². The van der Waals surface area contributed by atoms with Crippen LogP contribution < -0.4 is 0 Å². The largest absolute Gasteiger partial charge is 0.315 e. The van der Waals surface area contributed by atoms with Crippen molar-refractivity contribution in [1.29, 1.82) is 0 Å². The highest BCUT2D eigenvalue weighted by Gasteiger charge is 2.32. The number of carbonyl (C=O) groups is 1. The molecule has 0 aromatic heterocycles. The summed E-state index contributed by atoms with van der Waals surface area (Å²) in [6, 6.07) is 7.82. The topological polar surface area (TPSA) is 37.4 Å². The van der Waals surface area contributed by atoms with Crippen LogP contribution in [0.15, 0.2) is 39.8 Å². The van der Waals surface area contributed by atoms with Crippen molar-refractivity contribution in [3.63, 3.8) is 0 Å². The monoisotopic (exact) mass is 275 g/mol. The molecule has 1 aromatic carbocycles. The van der Waals surface area contributed by atoms with E-state index in [1.54, 1.807) is 0 Å². The number of nitrogens with zero attached hydrogens (tertiary/aromatic N) is 1. The molecule has 1 atom stereocenters. The Bertz CT molecular complexity index is 574. The standard InChI is InChI=1S/C15H17NO2S/c1-11-4-6-12(7-5-11)19(18)14-8-9-15(17)16-10-2-3-13(14)16/h4-7H,2-3,8-10H2,1H3. The number of hydrogen-bond acceptors (Lipinski definition) is 2. The zero-order chi connectivity index (χ0) is 13.4. The van der Waals surface area contributed by atoms with Crippen molar-refractivity contribution in [1.82, 2.24) is 4.90 Å². The molecule has 1 fully saturated rings. The van der Waals surface area contributed by atoms with Gasteiger partial charge in [-0.1, -0.05) is 17.7 Å². The average molecular weight is 275 g/mol. The molecule has 0 N–H and O–H groups in total. The molecule has 1 aromatic rings. The van der Waals surface area contributed by atoms with Gasteiger partial charge in [0, 0.05) is 28.5 Å². The summed E-state index contributed by atoms with van der Waals surface area (Å²) < 4.78 is 12.7. The van der Waals surface area contributed by atoms with Crippen molar-refractivity contribution < 1.29 is 9.00 Å². The van der Waals surface area contributed by atoms with Gasteiger partial charge in [-0.15, -0.1) is 0 Å². The first kappa shape index (κ1) is 12.6. The van der Waals surface area contributed by atoms with Crippen molar-refractivity contribution in [3.8, 4) is 0 Å². The third-order valence-electron chi connectivity index (χ3n) is 3.77. The van der Waals surface area contributed by atoms with Crippen LogP contribution >= 0.6 is 0 Å². The summed E-state index contributed by atoms with van der Waals surface area (Å²) in [6.07, 6.45) is 3.02. The van der Waals surface area contributed by atoms with Crippen molar-refractivity contribution in [2.45, 2.75) is 37.5 Å². The highest BCUT2D eigenvalue weighted by atomic mass is 32.2. The first-order valence-electron chi connectivity index (χ1n) is 6.67. The molecule has 4 heteroatoms. The Hall–Kier alpha value is -1.42. The Labute approximate surface area is 115 Å². The van der Waals surface area contributed by atoms with Gasteiger partial charge in [-0.05, 0) is 38.3 Å². The van der Waals surface area contributed by atoms with E-state index >= 15 is 0 Å². The van der Waals surface area contributed by atoms with E-state index in [0.717, 1.165) is 34.9 Å². The van der Waals surface area contributed by atoms with Crippen LogP contribution in [0.2, 0.25) is 0 Å². The summed E-state index contributed by atoms with van der Waals surface area (Å²) >= 11 is 0. The Kier molecular flexibility index (Phi) is 3.27. The smallest absolute Gasteiger partial charge is 0.227 e. The molecule has 0 bridgehead atoms. The fourth-order valence-electron chi connectivity index (χ4n) is 2.74. The van der Waals surface area contributed by atoms with Crippen molar-refractivity contribution in [2.24, 2.45) is 0 Å². The lowest BCUT2D eigenvalue weighted by molar-refractivity contribution is -0.129. The Morgan fingerprint density at radius 3 is 2.58 bits per heavy atom. The van der Waals surface area contributed by atoms with E-state index in [0.29, 0.717) is 12.8 Å². The molecule has 1 amide bonds. The molecule has 0 saturated carbocycles. The van der Waals surface area contributed by atoms with Gasteiger partial charge in [-0.25, -0.2) is 4.21 Å². The zero-order valence-corrected chi connectivity index (χ0v) is 11.8. The normalized spacial score (nSPS) is 20.7. The van der Waals surface area contributed by atoms with E-state index in [9.17, 15) is 9.00 Å². The van der Waals surface area contributed by atoms with Crippen LogP contribution in [-0.2, 0) is 15.6 Å². The van der Waals surface area contributed by atoms with Gasteiger partial charge < -0.3 is 4.90 Å². The minimum absolute atomic E-state index is 0.192. The lowest BCUT2D eigenvalue weighted by Crippen LogP contribution is -2.31. The number of aryl methyl sites for hydroxylation is 1. The van der Waals surface area contributed by atoms with E-state index in [2.05, 4.69) is 0 Å². The predicted molar refractivity (Wildman–Crippen MR) is 74.8 cm³/mol. The second-order valence-electron chi connectivity index (χ2n) is 5.10. The summed E-state index contributed by atoms with van der Waals surface area (Å²) in [5.74, 6) is 0.192. The maximum atomic E-state index is 12.7. The maximum Gasteiger partial charge on any atom is 0.227 e. The molecule has 0 aliphatic carbocycles. The first-order chi connectivity index (χ1) is 9.16. The van der Waals surface area contributed by atoms with Crippen LogP contribution in [0.3, 0.4) is 0 Å². The fourth-order valence-corrected chi connectivity index (χ4v) is 4.12. The number of benzene rings is 1. The second-order valence-corrected chi connectivity index (χ2v) is 6.60.